The largest absolute Gasteiger partial charge is 0.383 e. The lowest BCUT2D eigenvalue weighted by Gasteiger charge is -2.09. The number of H-pyrrole nitrogens is 1. The first-order chi connectivity index (χ1) is 10.5. The van der Waals surface area contributed by atoms with Gasteiger partial charge in [-0.15, -0.1) is 11.3 Å². The second-order valence-electron chi connectivity index (χ2n) is 5.00. The Morgan fingerprint density at radius 2 is 2.05 bits per heavy atom. The maximum absolute atomic E-state index is 9.42. The third-order valence-electron chi connectivity index (χ3n) is 3.53. The summed E-state index contributed by atoms with van der Waals surface area (Å²) in [5.74, 6) is 0.225. The first-order valence-electron chi connectivity index (χ1n) is 6.66. The first kappa shape index (κ1) is 14.2. The summed E-state index contributed by atoms with van der Waals surface area (Å²) >= 11 is 1.49. The molecule has 0 saturated heterocycles. The highest BCUT2D eigenvalue weighted by Crippen LogP contribution is 2.36. The van der Waals surface area contributed by atoms with Crippen molar-refractivity contribution in [3.8, 4) is 27.8 Å². The smallest absolute Gasteiger partial charge is 0.142 e. The fourth-order valence-electron chi connectivity index (χ4n) is 2.48. The highest BCUT2D eigenvalue weighted by molar-refractivity contribution is 7.13. The Morgan fingerprint density at radius 1 is 1.27 bits per heavy atom. The van der Waals surface area contributed by atoms with Crippen LogP contribution in [0.5, 0.6) is 0 Å². The number of thiazole rings is 1. The zero-order chi connectivity index (χ0) is 15.9. The lowest BCUT2D eigenvalue weighted by Crippen LogP contribution is -2.00. The summed E-state index contributed by atoms with van der Waals surface area (Å²) in [7, 11) is 0. The van der Waals surface area contributed by atoms with Gasteiger partial charge in [0.25, 0.3) is 0 Å². The van der Waals surface area contributed by atoms with Crippen LogP contribution >= 0.6 is 11.3 Å². The predicted octanol–water partition coefficient (Wildman–Crippen LogP) is 2.97. The number of nitrogen functional groups attached to an aromatic ring is 1. The minimum absolute atomic E-state index is 0.225. The molecule has 0 bridgehead atoms. The molecule has 3 rings (SSSR count). The van der Waals surface area contributed by atoms with Gasteiger partial charge in [0, 0.05) is 16.8 Å². The number of rotatable bonds is 2. The number of nitrogens with one attached hydrogen (secondary N) is 1. The number of aromatic nitrogens is 4. The number of hydrogen-bond donors (Lipinski definition) is 2. The van der Waals surface area contributed by atoms with Crippen LogP contribution in [0.1, 0.15) is 22.6 Å². The number of aryl methyl sites for hydroxylation is 3. The Labute approximate surface area is 131 Å². The van der Waals surface area contributed by atoms with Crippen LogP contribution in [-0.2, 0) is 0 Å². The molecule has 6 nitrogen and oxygen atoms in total. The van der Waals surface area contributed by atoms with Crippen molar-refractivity contribution < 1.29 is 0 Å². The highest BCUT2D eigenvalue weighted by Gasteiger charge is 2.19. The Bertz CT molecular complexity index is 880. The summed E-state index contributed by atoms with van der Waals surface area (Å²) in [5.41, 5.74) is 13.2. The second-order valence-corrected chi connectivity index (χ2v) is 5.86. The van der Waals surface area contributed by atoms with Crippen molar-refractivity contribution in [3.63, 3.8) is 0 Å². The number of anilines is 1. The molecule has 0 atom stereocenters. The molecule has 0 radical (unpaired) electrons. The van der Waals surface area contributed by atoms with E-state index in [4.69, 9.17) is 5.73 Å². The topological polar surface area (TPSA) is 104 Å². The third kappa shape index (κ3) is 2.14. The maximum Gasteiger partial charge on any atom is 0.142 e. The standard InChI is InChI=1S/C15H14N6S/c1-7-13(8(2)21-20-7)12-4-10(11(5-16)15(17)19-12)14-9(3)18-6-22-14/h4,6H,1-3H3,(H2,17,19)(H,20,21). The number of aromatic amines is 1. The SMILES string of the molecule is Cc1ncsc1-c1cc(-c2c(C)n[nH]c2C)nc(N)c1C#N. The van der Waals surface area contributed by atoms with Gasteiger partial charge in [-0.1, -0.05) is 0 Å². The molecule has 3 aromatic heterocycles. The van der Waals surface area contributed by atoms with Crippen molar-refractivity contribution in [3.05, 3.63) is 34.2 Å². The monoisotopic (exact) mass is 310 g/mol. The van der Waals surface area contributed by atoms with E-state index in [0.29, 0.717) is 11.3 Å². The van der Waals surface area contributed by atoms with Gasteiger partial charge in [-0.25, -0.2) is 9.97 Å². The quantitative estimate of drug-likeness (QED) is 0.757. The van der Waals surface area contributed by atoms with Gasteiger partial charge >= 0.3 is 0 Å². The van der Waals surface area contributed by atoms with Crippen LogP contribution in [0.15, 0.2) is 11.6 Å². The van der Waals surface area contributed by atoms with E-state index < -0.39 is 0 Å². The van der Waals surface area contributed by atoms with Crippen LogP contribution < -0.4 is 5.73 Å². The van der Waals surface area contributed by atoms with E-state index in [1.807, 2.05) is 26.8 Å². The molecule has 0 saturated carbocycles. The van der Waals surface area contributed by atoms with Crippen LogP contribution in [-0.4, -0.2) is 20.2 Å². The van der Waals surface area contributed by atoms with E-state index in [1.54, 1.807) is 5.51 Å². The lowest BCUT2D eigenvalue weighted by molar-refractivity contribution is 1.02. The molecule has 7 heteroatoms. The predicted molar refractivity (Wildman–Crippen MR) is 86.3 cm³/mol. The van der Waals surface area contributed by atoms with Crippen molar-refractivity contribution >= 4 is 17.2 Å². The molecule has 0 unspecified atom stereocenters. The summed E-state index contributed by atoms with van der Waals surface area (Å²) in [5, 5.41) is 16.6. The van der Waals surface area contributed by atoms with Crippen LogP contribution in [0, 0.1) is 32.1 Å². The number of hydrogen-bond acceptors (Lipinski definition) is 6. The minimum Gasteiger partial charge on any atom is -0.383 e. The highest BCUT2D eigenvalue weighted by atomic mass is 32.1. The Kier molecular flexibility index (Phi) is 3.39. The Balaban J connectivity index is 2.31. The zero-order valence-electron chi connectivity index (χ0n) is 12.4. The molecule has 3 aromatic rings. The molecule has 0 spiro atoms. The third-order valence-corrected chi connectivity index (χ3v) is 4.50. The number of nitrogens with zero attached hydrogens (tertiary/aromatic N) is 4. The fourth-order valence-corrected chi connectivity index (χ4v) is 3.31. The van der Waals surface area contributed by atoms with Crippen LogP contribution in [0.2, 0.25) is 0 Å². The number of nitrogens with two attached hydrogens (primary N) is 1. The average molecular weight is 310 g/mol. The van der Waals surface area contributed by atoms with Gasteiger partial charge in [0.1, 0.15) is 17.5 Å². The van der Waals surface area contributed by atoms with E-state index in [9.17, 15) is 5.26 Å². The molecule has 3 N–H and O–H groups in total. The molecule has 0 amide bonds. The van der Waals surface area contributed by atoms with Gasteiger partial charge < -0.3 is 5.73 Å². The number of pyridine rings is 1. The van der Waals surface area contributed by atoms with Crippen molar-refractivity contribution in [1.82, 2.24) is 20.2 Å². The van der Waals surface area contributed by atoms with Crippen molar-refractivity contribution in [2.45, 2.75) is 20.8 Å². The van der Waals surface area contributed by atoms with E-state index in [1.165, 1.54) is 11.3 Å². The molecule has 0 aliphatic carbocycles. The maximum atomic E-state index is 9.42. The van der Waals surface area contributed by atoms with Crippen LogP contribution in [0.4, 0.5) is 5.82 Å². The molecule has 3 heterocycles. The van der Waals surface area contributed by atoms with Gasteiger partial charge in [0.15, 0.2) is 0 Å². The minimum atomic E-state index is 0.225. The molecule has 22 heavy (non-hydrogen) atoms. The summed E-state index contributed by atoms with van der Waals surface area (Å²) in [4.78, 5) is 9.58. The van der Waals surface area contributed by atoms with E-state index in [0.717, 1.165) is 33.1 Å². The number of nitriles is 1. The molecular formula is C15H14N6S. The van der Waals surface area contributed by atoms with Gasteiger partial charge in [-0.2, -0.15) is 10.4 Å². The summed E-state index contributed by atoms with van der Waals surface area (Å²) < 4.78 is 0. The van der Waals surface area contributed by atoms with Gasteiger partial charge in [-0.05, 0) is 26.8 Å². The molecule has 0 fully saturated rings. The molecule has 110 valence electrons. The van der Waals surface area contributed by atoms with E-state index in [-0.39, 0.29) is 5.82 Å². The molecule has 0 aliphatic heterocycles. The zero-order valence-corrected chi connectivity index (χ0v) is 13.2. The van der Waals surface area contributed by atoms with Gasteiger partial charge in [-0.3, -0.25) is 5.10 Å². The molecular weight excluding hydrogens is 296 g/mol. The van der Waals surface area contributed by atoms with Crippen LogP contribution in [0.3, 0.4) is 0 Å². The average Bonchev–Trinajstić information content (AvgIpc) is 3.04. The fraction of sp³-hybridized carbons (Fsp3) is 0.200. The summed E-state index contributed by atoms with van der Waals surface area (Å²) in [6, 6.07) is 4.04. The Hall–Kier alpha value is -2.72. The summed E-state index contributed by atoms with van der Waals surface area (Å²) in [6.45, 7) is 5.76. The molecule has 0 aliphatic rings. The summed E-state index contributed by atoms with van der Waals surface area (Å²) in [6.07, 6.45) is 0. The lowest BCUT2D eigenvalue weighted by atomic mass is 10.0. The van der Waals surface area contributed by atoms with Crippen molar-refractivity contribution in [1.29, 1.82) is 5.26 Å². The Morgan fingerprint density at radius 3 is 2.59 bits per heavy atom. The molecule has 0 aromatic carbocycles. The van der Waals surface area contributed by atoms with Crippen molar-refractivity contribution in [2.75, 3.05) is 5.73 Å². The van der Waals surface area contributed by atoms with Gasteiger partial charge in [0.2, 0.25) is 0 Å². The van der Waals surface area contributed by atoms with E-state index in [2.05, 4.69) is 26.2 Å². The van der Waals surface area contributed by atoms with Crippen LogP contribution in [0.25, 0.3) is 21.7 Å². The van der Waals surface area contributed by atoms with Crippen molar-refractivity contribution in [2.24, 2.45) is 0 Å². The van der Waals surface area contributed by atoms with E-state index >= 15 is 0 Å². The second kappa shape index (κ2) is 5.24. The normalized spacial score (nSPS) is 10.6. The van der Waals surface area contributed by atoms with Gasteiger partial charge in [0.05, 0.1) is 27.5 Å². The first-order valence-corrected chi connectivity index (χ1v) is 7.54.